The number of aryl methyl sites for hydroxylation is 1. The zero-order valence-corrected chi connectivity index (χ0v) is 14.2. The largest absolute Gasteiger partial charge is 0.364 e. The number of hydrogen-bond donors (Lipinski definition) is 1. The van der Waals surface area contributed by atoms with Crippen LogP contribution in [-0.2, 0) is 0 Å². The first-order chi connectivity index (χ1) is 9.66. The van der Waals surface area contributed by atoms with Crippen molar-refractivity contribution in [1.29, 1.82) is 0 Å². The van der Waals surface area contributed by atoms with Crippen molar-refractivity contribution in [1.82, 2.24) is 9.78 Å². The van der Waals surface area contributed by atoms with Gasteiger partial charge < -0.3 is 5.32 Å². The maximum Gasteiger partial charge on any atom is 0.333 e. The van der Waals surface area contributed by atoms with Gasteiger partial charge in [-0.1, -0.05) is 27.7 Å². The molecule has 21 heavy (non-hydrogen) atoms. The highest BCUT2D eigenvalue weighted by atomic mass is 16.6. The van der Waals surface area contributed by atoms with Crippen molar-refractivity contribution < 1.29 is 4.92 Å². The van der Waals surface area contributed by atoms with Crippen LogP contribution in [0.25, 0.3) is 0 Å². The minimum absolute atomic E-state index is 0.0800. The van der Waals surface area contributed by atoms with Crippen LogP contribution in [0, 0.1) is 34.8 Å². The molecule has 6 heteroatoms. The number of nitro groups is 1. The van der Waals surface area contributed by atoms with Crippen LogP contribution < -0.4 is 5.32 Å². The highest BCUT2D eigenvalue weighted by Crippen LogP contribution is 2.31. The molecule has 1 rings (SSSR count). The Morgan fingerprint density at radius 2 is 1.71 bits per heavy atom. The Balaban J connectivity index is 3.08. The van der Waals surface area contributed by atoms with Gasteiger partial charge in [0.1, 0.15) is 5.69 Å². The van der Waals surface area contributed by atoms with Crippen molar-refractivity contribution in [3.8, 4) is 0 Å². The summed E-state index contributed by atoms with van der Waals surface area (Å²) < 4.78 is 1.71. The van der Waals surface area contributed by atoms with Gasteiger partial charge in [-0.25, -0.2) is 4.68 Å². The van der Waals surface area contributed by atoms with Crippen LogP contribution in [0.4, 0.5) is 11.5 Å². The van der Waals surface area contributed by atoms with Crippen LogP contribution >= 0.6 is 0 Å². The van der Waals surface area contributed by atoms with E-state index in [1.807, 2.05) is 13.8 Å². The van der Waals surface area contributed by atoms with Gasteiger partial charge in [0, 0.05) is 12.6 Å². The summed E-state index contributed by atoms with van der Waals surface area (Å²) in [6.45, 7) is 15.1. The lowest BCUT2D eigenvalue weighted by atomic mass is 9.85. The average molecular weight is 296 g/mol. The van der Waals surface area contributed by atoms with E-state index in [0.29, 0.717) is 35.8 Å². The van der Waals surface area contributed by atoms with E-state index in [1.54, 1.807) is 11.6 Å². The molecule has 0 atom stereocenters. The van der Waals surface area contributed by atoms with Crippen LogP contribution in [-0.4, -0.2) is 21.2 Å². The second-order valence-corrected chi connectivity index (χ2v) is 6.61. The highest BCUT2D eigenvalue weighted by molar-refractivity contribution is 5.59. The molecule has 6 nitrogen and oxygen atoms in total. The summed E-state index contributed by atoms with van der Waals surface area (Å²) in [6, 6.07) is 0.0800. The van der Waals surface area contributed by atoms with Crippen LogP contribution in [0.2, 0.25) is 0 Å². The highest BCUT2D eigenvalue weighted by Gasteiger charge is 2.27. The normalized spacial score (nSPS) is 12.0. The zero-order valence-electron chi connectivity index (χ0n) is 14.2. The smallest absolute Gasteiger partial charge is 0.333 e. The first kappa shape index (κ1) is 17.5. The van der Waals surface area contributed by atoms with Gasteiger partial charge in [0.15, 0.2) is 0 Å². The van der Waals surface area contributed by atoms with Crippen molar-refractivity contribution in [2.45, 2.75) is 54.5 Å². The van der Waals surface area contributed by atoms with E-state index >= 15 is 0 Å². The first-order valence-corrected chi connectivity index (χ1v) is 7.64. The van der Waals surface area contributed by atoms with Gasteiger partial charge in [-0.3, -0.25) is 10.1 Å². The lowest BCUT2D eigenvalue weighted by molar-refractivity contribution is -0.384. The molecule has 0 unspecified atom stereocenters. The zero-order chi connectivity index (χ0) is 16.3. The van der Waals surface area contributed by atoms with Crippen molar-refractivity contribution >= 4 is 11.5 Å². The topological polar surface area (TPSA) is 73.0 Å². The molecule has 1 heterocycles. The Morgan fingerprint density at radius 3 is 2.10 bits per heavy atom. The molecule has 0 bridgehead atoms. The number of nitrogens with zero attached hydrogens (tertiary/aromatic N) is 3. The van der Waals surface area contributed by atoms with E-state index in [-0.39, 0.29) is 16.7 Å². The summed E-state index contributed by atoms with van der Waals surface area (Å²) in [6.07, 6.45) is 0. The Bertz CT molecular complexity index is 484. The monoisotopic (exact) mass is 296 g/mol. The van der Waals surface area contributed by atoms with E-state index in [0.717, 1.165) is 0 Å². The summed E-state index contributed by atoms with van der Waals surface area (Å²) in [4.78, 5) is 11.0. The van der Waals surface area contributed by atoms with Crippen molar-refractivity contribution in [3.05, 3.63) is 15.8 Å². The predicted molar refractivity (Wildman–Crippen MR) is 85.7 cm³/mol. The molecule has 0 radical (unpaired) electrons. The molecule has 0 aliphatic carbocycles. The number of anilines is 1. The van der Waals surface area contributed by atoms with Gasteiger partial charge >= 0.3 is 5.69 Å². The molecule has 0 saturated heterocycles. The summed E-state index contributed by atoms with van der Waals surface area (Å²) in [7, 11) is 0. The Morgan fingerprint density at radius 1 is 1.19 bits per heavy atom. The average Bonchev–Trinajstić information content (AvgIpc) is 2.65. The van der Waals surface area contributed by atoms with Crippen molar-refractivity contribution in [2.75, 3.05) is 11.9 Å². The van der Waals surface area contributed by atoms with Crippen LogP contribution in [0.1, 0.15) is 53.3 Å². The van der Waals surface area contributed by atoms with Gasteiger partial charge in [0.25, 0.3) is 0 Å². The van der Waals surface area contributed by atoms with Gasteiger partial charge in [-0.15, -0.1) is 0 Å². The molecule has 0 aromatic carbocycles. The number of aromatic nitrogens is 2. The maximum atomic E-state index is 11.3. The van der Waals surface area contributed by atoms with E-state index in [9.17, 15) is 10.1 Å². The fourth-order valence-electron chi connectivity index (χ4n) is 2.75. The molecule has 0 aliphatic heterocycles. The van der Waals surface area contributed by atoms with E-state index in [1.165, 1.54) is 0 Å². The Kier molecular flexibility index (Phi) is 5.75. The number of nitrogens with one attached hydrogen (secondary N) is 1. The van der Waals surface area contributed by atoms with Gasteiger partial charge in [-0.05, 0) is 38.5 Å². The second kappa shape index (κ2) is 6.91. The molecule has 0 aliphatic rings. The molecule has 0 fully saturated rings. The molecular formula is C15H28N4O2. The summed E-state index contributed by atoms with van der Waals surface area (Å²) in [5, 5.41) is 18.9. The third-order valence-corrected chi connectivity index (χ3v) is 3.94. The fraction of sp³-hybridized carbons (Fsp3) is 0.800. The van der Waals surface area contributed by atoms with Crippen molar-refractivity contribution in [2.24, 2.45) is 17.8 Å². The third-order valence-electron chi connectivity index (χ3n) is 3.94. The lowest BCUT2D eigenvalue weighted by Gasteiger charge is -2.25. The molecule has 1 aromatic heterocycles. The Labute approximate surface area is 127 Å². The maximum absolute atomic E-state index is 11.3. The second-order valence-electron chi connectivity index (χ2n) is 6.61. The molecular weight excluding hydrogens is 268 g/mol. The number of hydrogen-bond acceptors (Lipinski definition) is 4. The van der Waals surface area contributed by atoms with E-state index in [4.69, 9.17) is 0 Å². The third kappa shape index (κ3) is 3.95. The summed E-state index contributed by atoms with van der Waals surface area (Å²) in [5.74, 6) is 2.03. The molecule has 0 saturated carbocycles. The van der Waals surface area contributed by atoms with Gasteiger partial charge in [0.2, 0.25) is 5.82 Å². The Hall–Kier alpha value is -1.59. The molecule has 0 amide bonds. The minimum atomic E-state index is -0.344. The molecule has 1 N–H and O–H groups in total. The lowest BCUT2D eigenvalue weighted by Crippen LogP contribution is -2.26. The number of rotatable bonds is 7. The van der Waals surface area contributed by atoms with Crippen LogP contribution in [0.3, 0.4) is 0 Å². The first-order valence-electron chi connectivity index (χ1n) is 7.64. The quantitative estimate of drug-likeness (QED) is 0.609. The molecule has 0 spiro atoms. The SMILES string of the molecule is Cc1nn(C(C)C)c(NCC(C(C)C)C(C)C)c1[N+](=O)[O-]. The van der Waals surface area contributed by atoms with E-state index in [2.05, 4.69) is 38.1 Å². The van der Waals surface area contributed by atoms with Crippen molar-refractivity contribution in [3.63, 3.8) is 0 Å². The predicted octanol–water partition coefficient (Wildman–Crippen LogP) is 4.02. The van der Waals surface area contributed by atoms with Gasteiger partial charge in [0.05, 0.1) is 4.92 Å². The molecule has 120 valence electrons. The minimum Gasteiger partial charge on any atom is -0.364 e. The van der Waals surface area contributed by atoms with Crippen LogP contribution in [0.5, 0.6) is 0 Å². The van der Waals surface area contributed by atoms with Crippen LogP contribution in [0.15, 0.2) is 0 Å². The van der Waals surface area contributed by atoms with Gasteiger partial charge in [-0.2, -0.15) is 5.10 Å². The standard InChI is InChI=1S/C15H28N4O2/c1-9(2)13(10(3)4)8-16-15-14(19(20)21)12(7)17-18(15)11(5)6/h9-11,13,16H,8H2,1-7H3. The fourth-order valence-corrected chi connectivity index (χ4v) is 2.75. The summed E-state index contributed by atoms with van der Waals surface area (Å²) >= 11 is 0. The molecule has 1 aromatic rings. The van der Waals surface area contributed by atoms with E-state index < -0.39 is 0 Å². The summed E-state index contributed by atoms with van der Waals surface area (Å²) in [5.41, 5.74) is 0.553.